The zero-order chi connectivity index (χ0) is 14.5. The molecule has 0 saturated carbocycles. The third-order valence-electron chi connectivity index (χ3n) is 3.29. The van der Waals surface area contributed by atoms with E-state index in [1.165, 1.54) is 16.7 Å². The average Bonchev–Trinajstić information content (AvgIpc) is 2.46. The quantitative estimate of drug-likeness (QED) is 0.879. The summed E-state index contributed by atoms with van der Waals surface area (Å²) in [4.78, 5) is 0. The van der Waals surface area contributed by atoms with Gasteiger partial charge in [0.25, 0.3) is 0 Å². The molecule has 3 heteroatoms. The van der Waals surface area contributed by atoms with E-state index in [4.69, 9.17) is 16.3 Å². The number of aryl methyl sites for hydroxylation is 1. The molecule has 0 aliphatic rings. The summed E-state index contributed by atoms with van der Waals surface area (Å²) < 4.78 is 5.21. The summed E-state index contributed by atoms with van der Waals surface area (Å²) in [6.07, 6.45) is 0. The number of hydrogen-bond acceptors (Lipinski definition) is 2. The van der Waals surface area contributed by atoms with Crippen LogP contribution in [-0.4, -0.2) is 13.7 Å². The van der Waals surface area contributed by atoms with Gasteiger partial charge in [-0.1, -0.05) is 48.4 Å². The second-order valence-corrected chi connectivity index (χ2v) is 5.20. The zero-order valence-electron chi connectivity index (χ0n) is 12.2. The average molecular weight is 290 g/mol. The summed E-state index contributed by atoms with van der Waals surface area (Å²) in [7, 11) is 1.63. The lowest BCUT2D eigenvalue weighted by Gasteiger charge is -2.13. The number of nitrogens with one attached hydrogen (secondary N) is 1. The van der Waals surface area contributed by atoms with Crippen LogP contribution in [0.2, 0.25) is 5.02 Å². The molecule has 1 N–H and O–H groups in total. The number of ether oxygens (including phenoxy) is 1. The molecule has 20 heavy (non-hydrogen) atoms. The summed E-state index contributed by atoms with van der Waals surface area (Å²) in [5.41, 5.74) is 4.86. The minimum absolute atomic E-state index is 0.640. The first-order valence-electron chi connectivity index (χ1n) is 6.80. The Hall–Kier alpha value is -1.51. The zero-order valence-corrected chi connectivity index (χ0v) is 12.9. The highest BCUT2D eigenvalue weighted by molar-refractivity contribution is 6.32. The summed E-state index contributed by atoms with van der Waals surface area (Å²) in [6, 6.07) is 12.4. The van der Waals surface area contributed by atoms with Gasteiger partial charge in [0, 0.05) is 6.54 Å². The first-order chi connectivity index (χ1) is 9.65. The molecule has 0 unspecified atom stereocenters. The van der Waals surface area contributed by atoms with Crippen LogP contribution in [0.3, 0.4) is 0 Å². The Morgan fingerprint density at radius 1 is 1.15 bits per heavy atom. The molecule has 106 valence electrons. The van der Waals surface area contributed by atoms with Crippen LogP contribution in [-0.2, 0) is 6.54 Å². The van der Waals surface area contributed by atoms with E-state index < -0.39 is 0 Å². The Labute approximate surface area is 125 Å². The molecular formula is C17H20ClNO. The van der Waals surface area contributed by atoms with Crippen LogP contribution in [0.15, 0.2) is 36.4 Å². The van der Waals surface area contributed by atoms with E-state index in [2.05, 4.69) is 43.4 Å². The predicted octanol–water partition coefficient (Wildman–Crippen LogP) is 4.43. The van der Waals surface area contributed by atoms with Crippen molar-refractivity contribution in [1.29, 1.82) is 0 Å². The van der Waals surface area contributed by atoms with E-state index in [1.54, 1.807) is 7.11 Å². The van der Waals surface area contributed by atoms with Crippen molar-refractivity contribution in [3.63, 3.8) is 0 Å². The van der Waals surface area contributed by atoms with E-state index in [1.807, 2.05) is 12.1 Å². The van der Waals surface area contributed by atoms with Gasteiger partial charge in [0.15, 0.2) is 0 Å². The van der Waals surface area contributed by atoms with Gasteiger partial charge in [-0.3, -0.25) is 0 Å². The highest BCUT2D eigenvalue weighted by Gasteiger charge is 2.08. The lowest BCUT2D eigenvalue weighted by atomic mass is 9.97. The van der Waals surface area contributed by atoms with Crippen LogP contribution in [0.5, 0.6) is 5.75 Å². The minimum Gasteiger partial charge on any atom is -0.495 e. The van der Waals surface area contributed by atoms with Crippen LogP contribution >= 0.6 is 11.6 Å². The molecule has 0 aliphatic carbocycles. The fourth-order valence-corrected chi connectivity index (χ4v) is 2.46. The highest BCUT2D eigenvalue weighted by Crippen LogP contribution is 2.32. The predicted molar refractivity (Wildman–Crippen MR) is 85.6 cm³/mol. The third-order valence-corrected chi connectivity index (χ3v) is 3.59. The van der Waals surface area contributed by atoms with E-state index in [0.29, 0.717) is 10.8 Å². The van der Waals surface area contributed by atoms with Crippen LogP contribution < -0.4 is 10.1 Å². The molecule has 0 heterocycles. The van der Waals surface area contributed by atoms with Crippen molar-refractivity contribution in [2.75, 3.05) is 13.7 Å². The second-order valence-electron chi connectivity index (χ2n) is 4.79. The minimum atomic E-state index is 0.640. The Morgan fingerprint density at radius 3 is 2.60 bits per heavy atom. The molecule has 0 atom stereocenters. The maximum atomic E-state index is 6.24. The molecule has 0 aromatic heterocycles. The van der Waals surface area contributed by atoms with E-state index in [9.17, 15) is 0 Å². The fraction of sp³-hybridized carbons (Fsp3) is 0.294. The molecule has 0 amide bonds. The standard InChI is InChI=1S/C17H20ClNO/c1-4-19-11-14-6-5-12(2)9-15(14)13-7-8-17(20-3)16(18)10-13/h5-10,19H,4,11H2,1-3H3. The second kappa shape index (κ2) is 6.78. The van der Waals surface area contributed by atoms with Gasteiger partial charge in [0.05, 0.1) is 12.1 Å². The van der Waals surface area contributed by atoms with Crippen LogP contribution in [0.25, 0.3) is 11.1 Å². The van der Waals surface area contributed by atoms with E-state index in [0.717, 1.165) is 18.7 Å². The fourth-order valence-electron chi connectivity index (χ4n) is 2.21. The molecule has 0 fully saturated rings. The molecule has 0 spiro atoms. The molecule has 0 radical (unpaired) electrons. The van der Waals surface area contributed by atoms with Crippen LogP contribution in [0, 0.1) is 6.92 Å². The third kappa shape index (κ3) is 3.33. The van der Waals surface area contributed by atoms with Crippen molar-refractivity contribution >= 4 is 11.6 Å². The topological polar surface area (TPSA) is 21.3 Å². The molecule has 0 aliphatic heterocycles. The van der Waals surface area contributed by atoms with Gasteiger partial charge in [-0.25, -0.2) is 0 Å². The van der Waals surface area contributed by atoms with Gasteiger partial charge >= 0.3 is 0 Å². The van der Waals surface area contributed by atoms with Crippen molar-refractivity contribution in [2.45, 2.75) is 20.4 Å². The SMILES string of the molecule is CCNCc1ccc(C)cc1-c1ccc(OC)c(Cl)c1. The smallest absolute Gasteiger partial charge is 0.137 e. The number of methoxy groups -OCH3 is 1. The largest absolute Gasteiger partial charge is 0.495 e. The van der Waals surface area contributed by atoms with Crippen molar-refractivity contribution in [2.24, 2.45) is 0 Å². The first kappa shape index (κ1) is 14.9. The maximum absolute atomic E-state index is 6.24. The van der Waals surface area contributed by atoms with Gasteiger partial charge < -0.3 is 10.1 Å². The molecule has 2 nitrogen and oxygen atoms in total. The first-order valence-corrected chi connectivity index (χ1v) is 7.17. The van der Waals surface area contributed by atoms with Crippen molar-refractivity contribution in [3.05, 3.63) is 52.5 Å². The Balaban J connectivity index is 2.44. The summed E-state index contributed by atoms with van der Waals surface area (Å²) in [5.74, 6) is 0.705. The number of benzene rings is 2. The molecular weight excluding hydrogens is 270 g/mol. The van der Waals surface area contributed by atoms with Crippen molar-refractivity contribution in [1.82, 2.24) is 5.32 Å². The van der Waals surface area contributed by atoms with Gasteiger partial charge in [-0.15, -0.1) is 0 Å². The Morgan fingerprint density at radius 2 is 1.95 bits per heavy atom. The lowest BCUT2D eigenvalue weighted by molar-refractivity contribution is 0.415. The Bertz CT molecular complexity index is 596. The van der Waals surface area contributed by atoms with Gasteiger partial charge in [0.2, 0.25) is 0 Å². The summed E-state index contributed by atoms with van der Waals surface area (Å²) in [5, 5.41) is 4.01. The Kier molecular flexibility index (Phi) is 5.05. The highest BCUT2D eigenvalue weighted by atomic mass is 35.5. The molecule has 0 bridgehead atoms. The number of hydrogen-bond donors (Lipinski definition) is 1. The van der Waals surface area contributed by atoms with Gasteiger partial charge in [-0.05, 0) is 42.3 Å². The van der Waals surface area contributed by atoms with Crippen molar-refractivity contribution < 1.29 is 4.74 Å². The molecule has 0 saturated heterocycles. The number of rotatable bonds is 5. The van der Waals surface area contributed by atoms with Crippen LogP contribution in [0.4, 0.5) is 0 Å². The monoisotopic (exact) mass is 289 g/mol. The van der Waals surface area contributed by atoms with E-state index in [-0.39, 0.29) is 0 Å². The molecule has 2 rings (SSSR count). The molecule has 2 aromatic carbocycles. The van der Waals surface area contributed by atoms with Crippen molar-refractivity contribution in [3.8, 4) is 16.9 Å². The van der Waals surface area contributed by atoms with Gasteiger partial charge in [-0.2, -0.15) is 0 Å². The summed E-state index contributed by atoms with van der Waals surface area (Å²) >= 11 is 6.24. The maximum Gasteiger partial charge on any atom is 0.137 e. The summed E-state index contributed by atoms with van der Waals surface area (Å²) in [6.45, 7) is 6.02. The van der Waals surface area contributed by atoms with E-state index >= 15 is 0 Å². The van der Waals surface area contributed by atoms with Gasteiger partial charge in [0.1, 0.15) is 5.75 Å². The molecule has 2 aromatic rings. The lowest BCUT2D eigenvalue weighted by Crippen LogP contribution is -2.12. The normalized spacial score (nSPS) is 10.6. The number of halogens is 1. The van der Waals surface area contributed by atoms with Crippen LogP contribution in [0.1, 0.15) is 18.1 Å².